The lowest BCUT2D eigenvalue weighted by Gasteiger charge is -2.27. The molecule has 3 rings (SSSR count). The van der Waals surface area contributed by atoms with Crippen LogP contribution in [-0.2, 0) is 16.1 Å². The van der Waals surface area contributed by atoms with Gasteiger partial charge in [0, 0.05) is 19.2 Å². The lowest BCUT2D eigenvalue weighted by Crippen LogP contribution is -2.47. The van der Waals surface area contributed by atoms with E-state index in [9.17, 15) is 19.1 Å². The van der Waals surface area contributed by atoms with Gasteiger partial charge in [-0.2, -0.15) is 0 Å². The first-order valence-electron chi connectivity index (χ1n) is 9.94. The van der Waals surface area contributed by atoms with Gasteiger partial charge >= 0.3 is 6.09 Å². The second-order valence-electron chi connectivity index (χ2n) is 8.31. The van der Waals surface area contributed by atoms with Crippen molar-refractivity contribution in [2.75, 3.05) is 6.54 Å². The van der Waals surface area contributed by atoms with Crippen molar-refractivity contribution in [1.82, 2.24) is 15.2 Å². The van der Waals surface area contributed by atoms with Crippen LogP contribution in [0, 0.1) is 5.82 Å². The molecule has 0 bridgehead atoms. The van der Waals surface area contributed by atoms with Crippen molar-refractivity contribution in [3.63, 3.8) is 0 Å². The predicted molar refractivity (Wildman–Crippen MR) is 110 cm³/mol. The standard InChI is InChI=1S/C22H26FN3O5/c1-22(2,3)31-21(29)26-13-15(27)10-18(26)20(28)25-11-14-6-7-19(17(23)9-14)30-16-5-4-8-24-12-16/h4-9,12,15,18,27H,10-11,13H2,1-3H3,(H,25,28)/t15-,18-/m0/s1. The Kier molecular flexibility index (Phi) is 6.74. The number of benzene rings is 1. The number of rotatable bonds is 5. The minimum atomic E-state index is -0.858. The molecular weight excluding hydrogens is 405 g/mol. The average Bonchev–Trinajstić information content (AvgIpc) is 3.10. The number of nitrogens with one attached hydrogen (secondary N) is 1. The molecule has 2 amide bonds. The molecule has 1 aromatic carbocycles. The summed E-state index contributed by atoms with van der Waals surface area (Å²) in [7, 11) is 0. The molecule has 9 heteroatoms. The Balaban J connectivity index is 1.60. The molecule has 31 heavy (non-hydrogen) atoms. The number of likely N-dealkylation sites (tertiary alicyclic amines) is 1. The van der Waals surface area contributed by atoms with Gasteiger partial charge in [0.25, 0.3) is 0 Å². The first kappa shape index (κ1) is 22.5. The van der Waals surface area contributed by atoms with Crippen LogP contribution >= 0.6 is 0 Å². The molecule has 1 fully saturated rings. The van der Waals surface area contributed by atoms with Gasteiger partial charge in [0.1, 0.15) is 17.4 Å². The molecule has 2 heterocycles. The van der Waals surface area contributed by atoms with E-state index in [-0.39, 0.29) is 25.3 Å². The number of carbonyl (C=O) groups excluding carboxylic acids is 2. The third-order valence-electron chi connectivity index (χ3n) is 4.53. The van der Waals surface area contributed by atoms with E-state index in [0.717, 1.165) is 0 Å². The number of ether oxygens (including phenoxy) is 2. The number of aliphatic hydroxyl groups excluding tert-OH is 1. The second kappa shape index (κ2) is 9.30. The van der Waals surface area contributed by atoms with Crippen LogP contribution < -0.4 is 10.1 Å². The van der Waals surface area contributed by atoms with E-state index in [4.69, 9.17) is 9.47 Å². The third kappa shape index (κ3) is 6.14. The van der Waals surface area contributed by atoms with Crippen molar-refractivity contribution in [3.8, 4) is 11.5 Å². The first-order valence-corrected chi connectivity index (χ1v) is 9.94. The van der Waals surface area contributed by atoms with Gasteiger partial charge in [-0.3, -0.25) is 14.7 Å². The molecule has 8 nitrogen and oxygen atoms in total. The summed E-state index contributed by atoms with van der Waals surface area (Å²) in [4.78, 5) is 30.1. The Hall–Kier alpha value is -3.20. The van der Waals surface area contributed by atoms with Crippen molar-refractivity contribution < 1.29 is 28.6 Å². The van der Waals surface area contributed by atoms with E-state index in [1.54, 1.807) is 45.2 Å². The van der Waals surface area contributed by atoms with E-state index in [1.165, 1.54) is 23.2 Å². The van der Waals surface area contributed by atoms with Crippen molar-refractivity contribution in [3.05, 3.63) is 54.1 Å². The third-order valence-corrected chi connectivity index (χ3v) is 4.53. The maximum absolute atomic E-state index is 14.4. The van der Waals surface area contributed by atoms with Gasteiger partial charge in [-0.25, -0.2) is 9.18 Å². The Labute approximate surface area is 180 Å². The molecule has 0 saturated carbocycles. The molecule has 0 aliphatic carbocycles. The molecule has 1 aliphatic rings. The zero-order chi connectivity index (χ0) is 22.6. The number of nitrogens with zero attached hydrogens (tertiary/aromatic N) is 2. The van der Waals surface area contributed by atoms with Crippen LogP contribution in [0.25, 0.3) is 0 Å². The topological polar surface area (TPSA) is 101 Å². The zero-order valence-electron chi connectivity index (χ0n) is 17.7. The lowest BCUT2D eigenvalue weighted by atomic mass is 10.1. The summed E-state index contributed by atoms with van der Waals surface area (Å²) in [5, 5.41) is 12.6. The van der Waals surface area contributed by atoms with Gasteiger partial charge < -0.3 is 19.9 Å². The number of pyridine rings is 1. The highest BCUT2D eigenvalue weighted by atomic mass is 19.1. The summed E-state index contributed by atoms with van der Waals surface area (Å²) in [6, 6.07) is 6.84. The number of β-amino-alcohol motifs (C(OH)–C–C–N with tert-alkyl or cyclic N) is 1. The molecule has 1 saturated heterocycles. The van der Waals surface area contributed by atoms with E-state index in [1.807, 2.05) is 0 Å². The highest BCUT2D eigenvalue weighted by Crippen LogP contribution is 2.25. The number of amides is 2. The van der Waals surface area contributed by atoms with Crippen LogP contribution in [0.1, 0.15) is 32.8 Å². The Morgan fingerprint density at radius 3 is 2.74 bits per heavy atom. The predicted octanol–water partition coefficient (Wildman–Crippen LogP) is 3.00. The summed E-state index contributed by atoms with van der Waals surface area (Å²) < 4.78 is 25.1. The van der Waals surface area contributed by atoms with Gasteiger partial charge in [-0.05, 0) is 50.6 Å². The van der Waals surface area contributed by atoms with Gasteiger partial charge in [0.15, 0.2) is 11.6 Å². The maximum atomic E-state index is 14.4. The van der Waals surface area contributed by atoms with Gasteiger partial charge in [0.05, 0.1) is 18.8 Å². The Morgan fingerprint density at radius 1 is 1.32 bits per heavy atom. The summed E-state index contributed by atoms with van der Waals surface area (Å²) >= 11 is 0. The smallest absolute Gasteiger partial charge is 0.411 e. The van der Waals surface area contributed by atoms with Crippen molar-refractivity contribution in [1.29, 1.82) is 0 Å². The van der Waals surface area contributed by atoms with Crippen LogP contribution in [-0.4, -0.2) is 51.3 Å². The van der Waals surface area contributed by atoms with Gasteiger partial charge in [0.2, 0.25) is 5.91 Å². The average molecular weight is 431 g/mol. The fraction of sp³-hybridized carbons (Fsp3) is 0.409. The summed E-state index contributed by atoms with van der Waals surface area (Å²) in [5.74, 6) is -0.580. The fourth-order valence-corrected chi connectivity index (χ4v) is 3.16. The van der Waals surface area contributed by atoms with Crippen LogP contribution in [0.3, 0.4) is 0 Å². The molecule has 2 N–H and O–H groups in total. The summed E-state index contributed by atoms with van der Waals surface area (Å²) in [6.07, 6.45) is 1.69. The Morgan fingerprint density at radius 2 is 2.10 bits per heavy atom. The van der Waals surface area contributed by atoms with Gasteiger partial charge in [-0.15, -0.1) is 0 Å². The second-order valence-corrected chi connectivity index (χ2v) is 8.31. The van der Waals surface area contributed by atoms with Crippen LogP contribution in [0.2, 0.25) is 0 Å². The van der Waals surface area contributed by atoms with E-state index >= 15 is 0 Å². The van der Waals surface area contributed by atoms with Crippen molar-refractivity contribution in [2.24, 2.45) is 0 Å². The molecule has 0 spiro atoms. The fourth-order valence-electron chi connectivity index (χ4n) is 3.16. The normalized spacial score (nSPS) is 18.5. The minimum absolute atomic E-state index is 0.0159. The maximum Gasteiger partial charge on any atom is 0.411 e. The van der Waals surface area contributed by atoms with E-state index < -0.39 is 35.6 Å². The molecule has 2 aromatic rings. The van der Waals surface area contributed by atoms with Crippen molar-refractivity contribution >= 4 is 12.0 Å². The number of halogens is 1. The van der Waals surface area contributed by atoms with Crippen LogP contribution in [0.4, 0.5) is 9.18 Å². The molecule has 0 radical (unpaired) electrons. The molecule has 1 aliphatic heterocycles. The number of carbonyl (C=O) groups is 2. The quantitative estimate of drug-likeness (QED) is 0.755. The molecule has 0 unspecified atom stereocenters. The number of aromatic nitrogens is 1. The molecule has 2 atom stereocenters. The first-order chi connectivity index (χ1) is 14.6. The van der Waals surface area contributed by atoms with Crippen LogP contribution in [0.5, 0.6) is 11.5 Å². The largest absolute Gasteiger partial charge is 0.453 e. The summed E-state index contributed by atoms with van der Waals surface area (Å²) in [6.45, 7) is 5.24. The number of hydrogen-bond donors (Lipinski definition) is 2. The molecular formula is C22H26FN3O5. The van der Waals surface area contributed by atoms with Gasteiger partial charge in [-0.1, -0.05) is 6.07 Å². The minimum Gasteiger partial charge on any atom is -0.453 e. The number of hydrogen-bond acceptors (Lipinski definition) is 6. The van der Waals surface area contributed by atoms with E-state index in [2.05, 4.69) is 10.3 Å². The summed E-state index contributed by atoms with van der Waals surface area (Å²) in [5.41, 5.74) is -0.199. The highest BCUT2D eigenvalue weighted by molar-refractivity contribution is 5.86. The zero-order valence-corrected chi connectivity index (χ0v) is 17.7. The Bertz CT molecular complexity index is 932. The molecule has 166 valence electrons. The van der Waals surface area contributed by atoms with E-state index in [0.29, 0.717) is 11.3 Å². The molecule has 1 aromatic heterocycles. The highest BCUT2D eigenvalue weighted by Gasteiger charge is 2.40. The lowest BCUT2D eigenvalue weighted by molar-refractivity contribution is -0.125. The SMILES string of the molecule is CC(C)(C)OC(=O)N1C[C@@H](O)C[C@H]1C(=O)NCc1ccc(Oc2cccnc2)c(F)c1. The van der Waals surface area contributed by atoms with Crippen LogP contribution in [0.15, 0.2) is 42.7 Å². The number of aliphatic hydroxyl groups is 1. The van der Waals surface area contributed by atoms with Crippen molar-refractivity contribution in [2.45, 2.75) is 51.5 Å². The monoisotopic (exact) mass is 431 g/mol.